The van der Waals surface area contributed by atoms with E-state index >= 15 is 0 Å². The Morgan fingerprint density at radius 3 is 2.41 bits per heavy atom. The Morgan fingerprint density at radius 1 is 1.00 bits per heavy atom. The highest BCUT2D eigenvalue weighted by Gasteiger charge is 2.44. The van der Waals surface area contributed by atoms with E-state index in [9.17, 15) is 16.8 Å². The molecule has 2 aliphatic rings. The summed E-state index contributed by atoms with van der Waals surface area (Å²) in [6.07, 6.45) is 0. The molecule has 2 aliphatic heterocycles. The van der Waals surface area contributed by atoms with Gasteiger partial charge < -0.3 is 4.74 Å². The number of ether oxygens (including phenoxy) is 1. The van der Waals surface area contributed by atoms with E-state index in [1.54, 1.807) is 24.3 Å². The highest BCUT2D eigenvalue weighted by molar-refractivity contribution is 7.96. The van der Waals surface area contributed by atoms with Crippen LogP contribution in [0.3, 0.4) is 0 Å². The zero-order chi connectivity index (χ0) is 19.1. The van der Waals surface area contributed by atoms with Crippen LogP contribution >= 0.6 is 0 Å². The molecule has 1 fully saturated rings. The molecule has 0 bridgehead atoms. The molecule has 144 valence electrons. The van der Waals surface area contributed by atoms with Gasteiger partial charge in [-0.3, -0.25) is 4.90 Å². The highest BCUT2D eigenvalue weighted by atomic mass is 32.2. The maximum atomic E-state index is 13.2. The summed E-state index contributed by atoms with van der Waals surface area (Å²) in [4.78, 5) is 2.47. The fraction of sp³-hybridized carbons (Fsp3) is 0.368. The Morgan fingerprint density at radius 2 is 1.70 bits per heavy atom. The van der Waals surface area contributed by atoms with Crippen molar-refractivity contribution < 1.29 is 21.6 Å². The Balaban J connectivity index is 1.80. The smallest absolute Gasteiger partial charge is 0.186 e. The summed E-state index contributed by atoms with van der Waals surface area (Å²) < 4.78 is 57.2. The van der Waals surface area contributed by atoms with Gasteiger partial charge in [0.1, 0.15) is 5.25 Å². The molecule has 4 rings (SSSR count). The van der Waals surface area contributed by atoms with Gasteiger partial charge in [0.05, 0.1) is 28.8 Å². The van der Waals surface area contributed by atoms with E-state index in [0.717, 1.165) is 18.7 Å². The van der Waals surface area contributed by atoms with Gasteiger partial charge in [0, 0.05) is 19.6 Å². The van der Waals surface area contributed by atoms with Crippen LogP contribution in [0.1, 0.15) is 16.4 Å². The third-order valence-corrected chi connectivity index (χ3v) is 9.22. The van der Waals surface area contributed by atoms with Gasteiger partial charge in [-0.1, -0.05) is 30.3 Å². The summed E-state index contributed by atoms with van der Waals surface area (Å²) in [5.41, 5.74) is 1.20. The van der Waals surface area contributed by atoms with Crippen LogP contribution in [0.25, 0.3) is 0 Å². The molecule has 0 radical (unpaired) electrons. The van der Waals surface area contributed by atoms with Gasteiger partial charge in [0.2, 0.25) is 0 Å². The van der Waals surface area contributed by atoms with E-state index in [2.05, 4.69) is 4.90 Å². The number of fused-ring (bicyclic) bond motifs is 1. The molecule has 2 aromatic rings. The second kappa shape index (κ2) is 7.01. The number of hydrogen-bond acceptors (Lipinski definition) is 6. The Kier molecular flexibility index (Phi) is 4.84. The third-order valence-electron chi connectivity index (χ3n) is 5.13. The minimum absolute atomic E-state index is 0.151. The summed E-state index contributed by atoms with van der Waals surface area (Å²) in [6.45, 7) is 3.25. The van der Waals surface area contributed by atoms with Crippen LogP contribution in [-0.4, -0.2) is 53.8 Å². The minimum atomic E-state index is -3.81. The largest absolute Gasteiger partial charge is 0.379 e. The van der Waals surface area contributed by atoms with Crippen molar-refractivity contribution in [3.63, 3.8) is 0 Å². The van der Waals surface area contributed by atoms with E-state index in [-0.39, 0.29) is 9.79 Å². The van der Waals surface area contributed by atoms with Gasteiger partial charge in [-0.05, 0) is 29.3 Å². The summed E-state index contributed by atoms with van der Waals surface area (Å²) in [5.74, 6) is -0.403. The SMILES string of the molecule is O=S1(=O)CC(S(=O)(=O)c2ccccc2)c2c(CN3CCOCC3)cccc21. The average Bonchev–Trinajstić information content (AvgIpc) is 2.96. The van der Waals surface area contributed by atoms with Crippen molar-refractivity contribution in [2.75, 3.05) is 32.1 Å². The Bertz CT molecular complexity index is 1040. The molecule has 0 amide bonds. The zero-order valence-corrected chi connectivity index (χ0v) is 16.4. The predicted molar refractivity (Wildman–Crippen MR) is 101 cm³/mol. The number of benzene rings is 2. The van der Waals surface area contributed by atoms with Crippen LogP contribution in [0.5, 0.6) is 0 Å². The van der Waals surface area contributed by atoms with Crippen LogP contribution in [0.15, 0.2) is 58.3 Å². The van der Waals surface area contributed by atoms with Crippen molar-refractivity contribution in [3.05, 3.63) is 59.7 Å². The summed E-state index contributed by atoms with van der Waals surface area (Å²) in [5, 5.41) is -1.07. The van der Waals surface area contributed by atoms with Gasteiger partial charge in [-0.15, -0.1) is 0 Å². The number of sulfone groups is 2. The molecule has 0 N–H and O–H groups in total. The lowest BCUT2D eigenvalue weighted by molar-refractivity contribution is 0.0340. The Hall–Kier alpha value is -1.74. The fourth-order valence-electron chi connectivity index (χ4n) is 3.76. The van der Waals surface area contributed by atoms with Crippen molar-refractivity contribution in [1.82, 2.24) is 4.90 Å². The maximum absolute atomic E-state index is 13.2. The Labute approximate surface area is 159 Å². The first-order chi connectivity index (χ1) is 12.9. The molecule has 1 saturated heterocycles. The molecule has 0 aliphatic carbocycles. The lowest BCUT2D eigenvalue weighted by Crippen LogP contribution is -2.36. The van der Waals surface area contributed by atoms with Crippen LogP contribution in [0, 0.1) is 0 Å². The summed E-state index contributed by atoms with van der Waals surface area (Å²) in [7, 11) is -7.44. The number of hydrogen-bond donors (Lipinski definition) is 0. The molecular weight excluding hydrogens is 386 g/mol. The number of rotatable bonds is 4. The summed E-state index contributed by atoms with van der Waals surface area (Å²) >= 11 is 0. The van der Waals surface area contributed by atoms with Gasteiger partial charge in [0.15, 0.2) is 19.7 Å². The first-order valence-electron chi connectivity index (χ1n) is 8.83. The molecule has 0 saturated carbocycles. The van der Waals surface area contributed by atoms with Gasteiger partial charge in [0.25, 0.3) is 0 Å². The lowest BCUT2D eigenvalue weighted by atomic mass is 10.0. The first-order valence-corrected chi connectivity index (χ1v) is 12.0. The molecular formula is C19H21NO5S2. The summed E-state index contributed by atoms with van der Waals surface area (Å²) in [6, 6.07) is 13.1. The number of nitrogens with zero attached hydrogens (tertiary/aromatic N) is 1. The fourth-order valence-corrected chi connectivity index (χ4v) is 8.18. The standard InChI is InChI=1S/C19H21NO5S2/c21-26(22)14-18(27(23,24)16-6-2-1-3-7-16)19-15(5-4-8-17(19)26)13-20-9-11-25-12-10-20/h1-8,18H,9-14H2. The van der Waals surface area contributed by atoms with Crippen molar-refractivity contribution in [3.8, 4) is 0 Å². The van der Waals surface area contributed by atoms with Crippen molar-refractivity contribution >= 4 is 19.7 Å². The van der Waals surface area contributed by atoms with Crippen LogP contribution in [-0.2, 0) is 31.0 Å². The van der Waals surface area contributed by atoms with E-state index < -0.39 is 30.7 Å². The normalized spacial score (nSPS) is 22.4. The van der Waals surface area contributed by atoms with Crippen molar-refractivity contribution in [2.24, 2.45) is 0 Å². The molecule has 6 nitrogen and oxygen atoms in total. The zero-order valence-electron chi connectivity index (χ0n) is 14.7. The van der Waals surface area contributed by atoms with Crippen LogP contribution in [0.2, 0.25) is 0 Å². The molecule has 2 heterocycles. The molecule has 1 atom stereocenters. The average molecular weight is 408 g/mol. The monoisotopic (exact) mass is 407 g/mol. The number of morpholine rings is 1. The molecule has 27 heavy (non-hydrogen) atoms. The minimum Gasteiger partial charge on any atom is -0.379 e. The van der Waals surface area contributed by atoms with E-state index in [1.807, 2.05) is 6.07 Å². The second-order valence-electron chi connectivity index (χ2n) is 6.85. The van der Waals surface area contributed by atoms with E-state index in [1.165, 1.54) is 18.2 Å². The van der Waals surface area contributed by atoms with Crippen LogP contribution < -0.4 is 0 Å². The van der Waals surface area contributed by atoms with E-state index in [4.69, 9.17) is 4.74 Å². The van der Waals surface area contributed by atoms with Crippen molar-refractivity contribution in [1.29, 1.82) is 0 Å². The molecule has 2 aromatic carbocycles. The van der Waals surface area contributed by atoms with Gasteiger partial charge >= 0.3 is 0 Å². The molecule has 1 unspecified atom stereocenters. The van der Waals surface area contributed by atoms with E-state index in [0.29, 0.717) is 25.3 Å². The van der Waals surface area contributed by atoms with Crippen LogP contribution in [0.4, 0.5) is 0 Å². The molecule has 0 spiro atoms. The van der Waals surface area contributed by atoms with Gasteiger partial charge in [-0.2, -0.15) is 0 Å². The third kappa shape index (κ3) is 3.42. The lowest BCUT2D eigenvalue weighted by Gasteiger charge is -2.28. The van der Waals surface area contributed by atoms with Crippen molar-refractivity contribution in [2.45, 2.75) is 21.6 Å². The predicted octanol–water partition coefficient (Wildman–Crippen LogP) is 1.82. The second-order valence-corrected chi connectivity index (χ2v) is 11.0. The first kappa shape index (κ1) is 18.6. The highest BCUT2D eigenvalue weighted by Crippen LogP contribution is 2.43. The van der Waals surface area contributed by atoms with Gasteiger partial charge in [-0.25, -0.2) is 16.8 Å². The molecule has 0 aromatic heterocycles. The molecule has 8 heteroatoms. The topological polar surface area (TPSA) is 80.8 Å². The quantitative estimate of drug-likeness (QED) is 0.769. The maximum Gasteiger partial charge on any atom is 0.186 e.